The Morgan fingerprint density at radius 1 is 1.16 bits per heavy atom. The maximum atomic E-state index is 13.2. The van der Waals surface area contributed by atoms with Crippen molar-refractivity contribution in [2.45, 2.75) is 30.6 Å². The van der Waals surface area contributed by atoms with Crippen LogP contribution in [0, 0.1) is 0 Å². The van der Waals surface area contributed by atoms with Gasteiger partial charge in [0.15, 0.2) is 0 Å². The predicted octanol–water partition coefficient (Wildman–Crippen LogP) is 4.24. The Hall–Kier alpha value is -2.56. The zero-order chi connectivity index (χ0) is 22.7. The van der Waals surface area contributed by atoms with Crippen molar-refractivity contribution < 1.29 is 22.5 Å². The number of piperidine rings is 1. The number of benzene rings is 2. The molecule has 0 bridgehead atoms. The van der Waals surface area contributed by atoms with Gasteiger partial charge in [-0.1, -0.05) is 45.4 Å². The third-order valence-electron chi connectivity index (χ3n) is 5.36. The summed E-state index contributed by atoms with van der Waals surface area (Å²) < 4.78 is 39.3. The molecule has 1 aromatic heterocycles. The molecule has 0 spiro atoms. The maximum Gasteiger partial charge on any atom is 0.339 e. The molecule has 3 aromatic rings. The van der Waals surface area contributed by atoms with Crippen LogP contribution in [0.4, 0.5) is 0 Å². The molecule has 0 saturated carbocycles. The number of halogens is 1. The second kappa shape index (κ2) is 9.51. The van der Waals surface area contributed by atoms with Crippen LogP contribution in [0.1, 0.15) is 41.9 Å². The number of esters is 1. The number of ether oxygens (including phenoxy) is 1. The van der Waals surface area contributed by atoms with Gasteiger partial charge in [0.1, 0.15) is 0 Å². The molecule has 1 aliphatic heterocycles. The molecule has 2 heterocycles. The molecule has 2 aromatic carbocycles. The van der Waals surface area contributed by atoms with E-state index in [1.807, 2.05) is 24.3 Å². The SMILES string of the molecule is CCOC(=O)c1ccccc1S(=O)(=O)N1CCC(c2nc(-c3ccccc3Br)no2)CC1. The lowest BCUT2D eigenvalue weighted by Crippen LogP contribution is -2.38. The summed E-state index contributed by atoms with van der Waals surface area (Å²) in [5, 5.41) is 4.09. The smallest absolute Gasteiger partial charge is 0.339 e. The second-order valence-corrected chi connectivity index (χ2v) is 10.1. The number of sulfonamides is 1. The summed E-state index contributed by atoms with van der Waals surface area (Å²) in [5.74, 6) is 0.308. The van der Waals surface area contributed by atoms with E-state index in [4.69, 9.17) is 9.26 Å². The van der Waals surface area contributed by atoms with E-state index in [1.54, 1.807) is 19.1 Å². The van der Waals surface area contributed by atoms with Gasteiger partial charge in [-0.05, 0) is 44.0 Å². The highest BCUT2D eigenvalue weighted by atomic mass is 79.9. The van der Waals surface area contributed by atoms with Gasteiger partial charge in [-0.15, -0.1) is 0 Å². The van der Waals surface area contributed by atoms with E-state index in [1.165, 1.54) is 16.4 Å². The number of hydrogen-bond donors (Lipinski definition) is 0. The van der Waals surface area contributed by atoms with Crippen LogP contribution >= 0.6 is 15.9 Å². The highest BCUT2D eigenvalue weighted by molar-refractivity contribution is 9.10. The Kier molecular flexibility index (Phi) is 6.73. The molecule has 0 aliphatic carbocycles. The molecule has 32 heavy (non-hydrogen) atoms. The largest absolute Gasteiger partial charge is 0.462 e. The summed E-state index contributed by atoms with van der Waals surface area (Å²) in [4.78, 5) is 16.7. The molecule has 0 atom stereocenters. The number of hydrogen-bond acceptors (Lipinski definition) is 7. The van der Waals surface area contributed by atoms with Crippen molar-refractivity contribution in [2.24, 2.45) is 0 Å². The number of carbonyl (C=O) groups excluding carboxylic acids is 1. The molecule has 0 radical (unpaired) electrons. The number of carbonyl (C=O) groups is 1. The lowest BCUT2D eigenvalue weighted by molar-refractivity contribution is 0.0521. The van der Waals surface area contributed by atoms with Gasteiger partial charge in [0.05, 0.1) is 17.1 Å². The van der Waals surface area contributed by atoms with E-state index in [-0.39, 0.29) is 36.1 Å². The van der Waals surface area contributed by atoms with Crippen LogP contribution in [-0.4, -0.2) is 48.5 Å². The normalized spacial score (nSPS) is 15.6. The Morgan fingerprint density at radius 2 is 1.84 bits per heavy atom. The monoisotopic (exact) mass is 519 g/mol. The zero-order valence-electron chi connectivity index (χ0n) is 17.4. The average Bonchev–Trinajstić information content (AvgIpc) is 3.30. The molecule has 1 saturated heterocycles. The molecular formula is C22H22BrN3O5S. The summed E-state index contributed by atoms with van der Waals surface area (Å²) in [6, 6.07) is 13.7. The Bertz CT molecular complexity index is 1220. The summed E-state index contributed by atoms with van der Waals surface area (Å²) in [6.07, 6.45) is 1.08. The lowest BCUT2D eigenvalue weighted by Gasteiger charge is -2.30. The van der Waals surface area contributed by atoms with Gasteiger partial charge in [0.2, 0.25) is 21.7 Å². The zero-order valence-corrected chi connectivity index (χ0v) is 19.8. The van der Waals surface area contributed by atoms with Crippen molar-refractivity contribution in [2.75, 3.05) is 19.7 Å². The molecule has 8 nitrogen and oxygen atoms in total. The van der Waals surface area contributed by atoms with Crippen molar-refractivity contribution in [1.29, 1.82) is 0 Å². The molecule has 1 aliphatic rings. The van der Waals surface area contributed by atoms with Crippen molar-refractivity contribution >= 4 is 31.9 Å². The minimum Gasteiger partial charge on any atom is -0.462 e. The van der Waals surface area contributed by atoms with Gasteiger partial charge < -0.3 is 9.26 Å². The first-order valence-corrected chi connectivity index (χ1v) is 12.5. The van der Waals surface area contributed by atoms with Gasteiger partial charge in [0, 0.05) is 29.0 Å². The van der Waals surface area contributed by atoms with Gasteiger partial charge in [-0.3, -0.25) is 0 Å². The van der Waals surface area contributed by atoms with Gasteiger partial charge in [-0.25, -0.2) is 13.2 Å². The van der Waals surface area contributed by atoms with E-state index < -0.39 is 16.0 Å². The fourth-order valence-corrected chi connectivity index (χ4v) is 5.82. The number of rotatable bonds is 6. The van der Waals surface area contributed by atoms with Crippen LogP contribution in [0.5, 0.6) is 0 Å². The maximum absolute atomic E-state index is 13.2. The molecule has 168 valence electrons. The molecule has 1 fully saturated rings. The van der Waals surface area contributed by atoms with Crippen LogP contribution in [0.25, 0.3) is 11.4 Å². The van der Waals surface area contributed by atoms with E-state index >= 15 is 0 Å². The lowest BCUT2D eigenvalue weighted by atomic mass is 9.98. The molecule has 0 unspecified atom stereocenters. The van der Waals surface area contributed by atoms with E-state index in [2.05, 4.69) is 26.1 Å². The molecule has 0 amide bonds. The minimum atomic E-state index is -3.85. The molecule has 0 N–H and O–H groups in total. The number of nitrogens with zero attached hydrogens (tertiary/aromatic N) is 3. The highest BCUT2D eigenvalue weighted by Crippen LogP contribution is 2.33. The Morgan fingerprint density at radius 3 is 2.56 bits per heavy atom. The van der Waals surface area contributed by atoms with Gasteiger partial charge >= 0.3 is 5.97 Å². The van der Waals surface area contributed by atoms with Crippen LogP contribution in [0.3, 0.4) is 0 Å². The van der Waals surface area contributed by atoms with Gasteiger partial charge in [0.25, 0.3) is 0 Å². The van der Waals surface area contributed by atoms with Crippen LogP contribution < -0.4 is 0 Å². The Labute approximate surface area is 194 Å². The summed E-state index contributed by atoms with van der Waals surface area (Å²) in [6.45, 7) is 2.43. The molecule has 4 rings (SSSR count). The van der Waals surface area contributed by atoms with Gasteiger partial charge in [-0.2, -0.15) is 9.29 Å². The third kappa shape index (κ3) is 4.48. The predicted molar refractivity (Wildman–Crippen MR) is 121 cm³/mol. The average molecular weight is 520 g/mol. The fourth-order valence-electron chi connectivity index (χ4n) is 3.70. The minimum absolute atomic E-state index is 0.0362. The Balaban J connectivity index is 1.49. The first-order chi connectivity index (χ1) is 15.4. The van der Waals surface area contributed by atoms with Crippen molar-refractivity contribution in [1.82, 2.24) is 14.4 Å². The summed E-state index contributed by atoms with van der Waals surface area (Å²) >= 11 is 3.49. The van der Waals surface area contributed by atoms with E-state index in [9.17, 15) is 13.2 Å². The van der Waals surface area contributed by atoms with Crippen LogP contribution in [0.2, 0.25) is 0 Å². The third-order valence-corrected chi connectivity index (χ3v) is 8.01. The molecular weight excluding hydrogens is 498 g/mol. The van der Waals surface area contributed by atoms with Crippen LogP contribution in [0.15, 0.2) is 62.4 Å². The first-order valence-electron chi connectivity index (χ1n) is 10.3. The molecule has 10 heteroatoms. The quantitative estimate of drug-likeness (QED) is 0.448. The topological polar surface area (TPSA) is 103 Å². The summed E-state index contributed by atoms with van der Waals surface area (Å²) in [7, 11) is -3.85. The highest BCUT2D eigenvalue weighted by Gasteiger charge is 2.34. The number of aromatic nitrogens is 2. The second-order valence-electron chi connectivity index (χ2n) is 7.33. The standard InChI is InChI=1S/C22H22BrN3O5S/c1-2-30-22(27)17-8-4-6-10-19(17)32(28,29)26-13-11-15(12-14-26)21-24-20(25-31-21)16-7-3-5-9-18(16)23/h3-10,15H,2,11-14H2,1H3. The van der Waals surface area contributed by atoms with Crippen molar-refractivity contribution in [3.63, 3.8) is 0 Å². The van der Waals surface area contributed by atoms with E-state index in [0.717, 1.165) is 10.0 Å². The first kappa shape index (κ1) is 22.6. The summed E-state index contributed by atoms with van der Waals surface area (Å²) in [5.41, 5.74) is 0.879. The van der Waals surface area contributed by atoms with Crippen molar-refractivity contribution in [3.8, 4) is 11.4 Å². The van der Waals surface area contributed by atoms with E-state index in [0.29, 0.717) is 24.6 Å². The van der Waals surface area contributed by atoms with Crippen molar-refractivity contribution in [3.05, 3.63) is 64.5 Å². The van der Waals surface area contributed by atoms with Crippen LogP contribution in [-0.2, 0) is 14.8 Å². The fraction of sp³-hybridized carbons (Fsp3) is 0.318.